The molecule has 3 rings (SSSR count). The predicted molar refractivity (Wildman–Crippen MR) is 77.0 cm³/mol. The van der Waals surface area contributed by atoms with E-state index in [1.807, 2.05) is 26.8 Å². The van der Waals surface area contributed by atoms with Gasteiger partial charge in [0.25, 0.3) is 0 Å². The Balaban J connectivity index is 1.91. The average molecular weight is 290 g/mol. The van der Waals surface area contributed by atoms with Crippen molar-refractivity contribution in [3.05, 3.63) is 41.7 Å². The van der Waals surface area contributed by atoms with Gasteiger partial charge in [-0.1, -0.05) is 12.2 Å². The molecule has 0 saturated heterocycles. The molecule has 21 heavy (non-hydrogen) atoms. The van der Waals surface area contributed by atoms with Crippen molar-refractivity contribution in [2.75, 3.05) is 6.61 Å². The molecule has 4 heteroatoms. The van der Waals surface area contributed by atoms with Crippen molar-refractivity contribution in [3.8, 4) is 5.75 Å². The number of benzene rings is 1. The Morgan fingerprint density at radius 3 is 2.71 bits per heavy atom. The van der Waals surface area contributed by atoms with Crippen LogP contribution in [-0.4, -0.2) is 23.6 Å². The first-order chi connectivity index (χ1) is 9.79. The first-order valence-corrected chi connectivity index (χ1v) is 7.14. The number of rotatable bonds is 1. The zero-order chi connectivity index (χ0) is 15.3. The van der Waals surface area contributed by atoms with E-state index in [1.165, 1.54) is 18.2 Å². The van der Waals surface area contributed by atoms with Crippen LogP contribution in [0.2, 0.25) is 0 Å². The van der Waals surface area contributed by atoms with Crippen LogP contribution in [0.1, 0.15) is 37.6 Å². The maximum atomic E-state index is 13.3. The Morgan fingerprint density at radius 1 is 1.29 bits per heavy atom. The maximum Gasteiger partial charge on any atom is 0.170 e. The van der Waals surface area contributed by atoms with E-state index in [9.17, 15) is 9.18 Å². The monoisotopic (exact) mass is 290 g/mol. The molecular formula is C17H19FO3. The van der Waals surface area contributed by atoms with Crippen LogP contribution in [0.5, 0.6) is 5.75 Å². The minimum absolute atomic E-state index is 0.00678. The van der Waals surface area contributed by atoms with Crippen LogP contribution < -0.4 is 4.74 Å². The maximum absolute atomic E-state index is 13.3. The number of halogens is 1. The van der Waals surface area contributed by atoms with Gasteiger partial charge < -0.3 is 9.47 Å². The predicted octanol–water partition coefficient (Wildman–Crippen LogP) is 3.53. The number of fused-ring (bicyclic) bond motifs is 1. The number of hydrogen-bond donors (Lipinski definition) is 0. The lowest BCUT2D eigenvalue weighted by molar-refractivity contribution is -0.0598. The zero-order valence-electron chi connectivity index (χ0n) is 12.5. The molecule has 2 aliphatic heterocycles. The highest BCUT2D eigenvalue weighted by Crippen LogP contribution is 2.40. The third kappa shape index (κ3) is 2.60. The van der Waals surface area contributed by atoms with E-state index in [0.717, 1.165) is 0 Å². The van der Waals surface area contributed by atoms with Crippen molar-refractivity contribution < 1.29 is 18.7 Å². The first-order valence-electron chi connectivity index (χ1n) is 7.14. The third-order valence-corrected chi connectivity index (χ3v) is 4.25. The van der Waals surface area contributed by atoms with Gasteiger partial charge in [-0.25, -0.2) is 4.39 Å². The van der Waals surface area contributed by atoms with Crippen LogP contribution in [0.3, 0.4) is 0 Å². The quantitative estimate of drug-likeness (QED) is 0.742. The van der Waals surface area contributed by atoms with Gasteiger partial charge in [0.2, 0.25) is 0 Å². The molecule has 0 amide bonds. The molecule has 2 unspecified atom stereocenters. The van der Waals surface area contributed by atoms with Crippen LogP contribution >= 0.6 is 0 Å². The van der Waals surface area contributed by atoms with Crippen molar-refractivity contribution in [1.29, 1.82) is 0 Å². The topological polar surface area (TPSA) is 35.5 Å². The highest BCUT2D eigenvalue weighted by atomic mass is 19.1. The highest BCUT2D eigenvalue weighted by molar-refractivity contribution is 6.00. The molecule has 0 aliphatic carbocycles. The fourth-order valence-electron chi connectivity index (χ4n) is 2.85. The summed E-state index contributed by atoms with van der Waals surface area (Å²) in [4.78, 5) is 12.3. The van der Waals surface area contributed by atoms with Gasteiger partial charge in [-0.05, 0) is 39.0 Å². The Morgan fingerprint density at radius 2 is 2.05 bits per heavy atom. The molecular weight excluding hydrogens is 271 g/mol. The van der Waals surface area contributed by atoms with Gasteiger partial charge in [0.05, 0.1) is 24.2 Å². The lowest BCUT2D eigenvalue weighted by Gasteiger charge is -2.42. The lowest BCUT2D eigenvalue weighted by Crippen LogP contribution is -2.49. The highest BCUT2D eigenvalue weighted by Gasteiger charge is 2.44. The fraction of sp³-hybridized carbons (Fsp3) is 0.471. The first kappa shape index (κ1) is 14.3. The van der Waals surface area contributed by atoms with Crippen molar-refractivity contribution in [1.82, 2.24) is 0 Å². The minimum atomic E-state index is -0.658. The van der Waals surface area contributed by atoms with E-state index in [0.29, 0.717) is 17.9 Å². The molecule has 0 saturated carbocycles. The van der Waals surface area contributed by atoms with Crippen LogP contribution in [0, 0.1) is 11.7 Å². The van der Waals surface area contributed by atoms with Gasteiger partial charge in [-0.3, -0.25) is 4.79 Å². The Labute approximate surface area is 123 Å². The Hall–Kier alpha value is -1.68. The van der Waals surface area contributed by atoms with Gasteiger partial charge in [0.15, 0.2) is 5.78 Å². The lowest BCUT2D eigenvalue weighted by atomic mass is 9.79. The van der Waals surface area contributed by atoms with E-state index in [1.54, 1.807) is 0 Å². The van der Waals surface area contributed by atoms with Crippen LogP contribution in [-0.2, 0) is 4.74 Å². The van der Waals surface area contributed by atoms with Crippen molar-refractivity contribution in [3.63, 3.8) is 0 Å². The number of ether oxygens (including phenoxy) is 2. The summed E-state index contributed by atoms with van der Waals surface area (Å²) in [5.74, 6) is -0.0607. The summed E-state index contributed by atoms with van der Waals surface area (Å²) in [5, 5.41) is 0. The van der Waals surface area contributed by atoms with Crippen molar-refractivity contribution in [2.45, 2.75) is 38.4 Å². The second-order valence-corrected chi connectivity index (χ2v) is 6.54. The second kappa shape index (κ2) is 4.67. The number of carbonyl (C=O) groups is 1. The van der Waals surface area contributed by atoms with Crippen LogP contribution in [0.15, 0.2) is 30.4 Å². The molecule has 0 aromatic heterocycles. The molecule has 112 valence electrons. The van der Waals surface area contributed by atoms with Gasteiger partial charge in [0.1, 0.15) is 17.2 Å². The normalized spacial score (nSPS) is 30.7. The SMILES string of the molecule is CC1(C)C=CC(C2(C)CC(=O)c3cc(F)ccc3O2)CO1. The summed E-state index contributed by atoms with van der Waals surface area (Å²) in [6, 6.07) is 4.08. The van der Waals surface area contributed by atoms with Crippen molar-refractivity contribution in [2.24, 2.45) is 5.92 Å². The molecule has 2 aliphatic rings. The summed E-state index contributed by atoms with van der Waals surface area (Å²) in [7, 11) is 0. The molecule has 0 spiro atoms. The van der Waals surface area contributed by atoms with E-state index < -0.39 is 11.4 Å². The van der Waals surface area contributed by atoms with E-state index in [2.05, 4.69) is 6.08 Å². The molecule has 0 bridgehead atoms. The van der Waals surface area contributed by atoms with E-state index in [4.69, 9.17) is 9.47 Å². The number of hydrogen-bond acceptors (Lipinski definition) is 3. The summed E-state index contributed by atoms with van der Waals surface area (Å²) in [5.41, 5.74) is -0.616. The van der Waals surface area contributed by atoms with Crippen LogP contribution in [0.25, 0.3) is 0 Å². The summed E-state index contributed by atoms with van der Waals surface area (Å²) in [6.07, 6.45) is 4.29. The third-order valence-electron chi connectivity index (χ3n) is 4.25. The van der Waals surface area contributed by atoms with E-state index >= 15 is 0 Å². The van der Waals surface area contributed by atoms with Gasteiger partial charge in [0, 0.05) is 5.92 Å². The Bertz CT molecular complexity index is 620. The molecule has 1 aromatic carbocycles. The van der Waals surface area contributed by atoms with Gasteiger partial charge >= 0.3 is 0 Å². The Kier molecular flexibility index (Phi) is 3.17. The molecule has 2 heterocycles. The molecule has 1 aromatic rings. The molecule has 2 atom stereocenters. The fourth-order valence-corrected chi connectivity index (χ4v) is 2.85. The number of carbonyl (C=O) groups excluding carboxylic acids is 1. The molecule has 0 fully saturated rings. The smallest absolute Gasteiger partial charge is 0.170 e. The van der Waals surface area contributed by atoms with E-state index in [-0.39, 0.29) is 23.7 Å². The zero-order valence-corrected chi connectivity index (χ0v) is 12.5. The molecule has 0 radical (unpaired) electrons. The average Bonchev–Trinajstić information content (AvgIpc) is 2.39. The summed E-state index contributed by atoms with van der Waals surface area (Å²) in [6.45, 7) is 6.40. The van der Waals surface area contributed by atoms with Crippen molar-refractivity contribution >= 4 is 5.78 Å². The van der Waals surface area contributed by atoms with Gasteiger partial charge in [-0.2, -0.15) is 0 Å². The van der Waals surface area contributed by atoms with Crippen LogP contribution in [0.4, 0.5) is 4.39 Å². The standard InChI is InChI=1S/C17H19FO3/c1-16(2)7-6-11(10-20-16)17(3)9-14(19)13-8-12(18)4-5-15(13)21-17/h4-8,11H,9-10H2,1-3H3. The minimum Gasteiger partial charge on any atom is -0.486 e. The molecule has 3 nitrogen and oxygen atoms in total. The van der Waals surface area contributed by atoms with Gasteiger partial charge in [-0.15, -0.1) is 0 Å². The summed E-state index contributed by atoms with van der Waals surface area (Å²) < 4.78 is 25.1. The molecule has 0 N–H and O–H groups in total. The second-order valence-electron chi connectivity index (χ2n) is 6.54. The number of Topliss-reactive ketones (excluding diaryl/α,β-unsaturated/α-hetero) is 1. The summed E-state index contributed by atoms with van der Waals surface area (Å²) >= 11 is 0. The largest absolute Gasteiger partial charge is 0.486 e. The number of ketones is 1.